The molecule has 0 atom stereocenters. The molecule has 0 spiro atoms. The zero-order valence-corrected chi connectivity index (χ0v) is 20.2. The van der Waals surface area contributed by atoms with Gasteiger partial charge in [-0.05, 0) is 54.6 Å². The first-order valence-electron chi connectivity index (χ1n) is 11.5. The van der Waals surface area contributed by atoms with Gasteiger partial charge in [-0.3, -0.25) is 4.79 Å². The van der Waals surface area contributed by atoms with E-state index in [2.05, 4.69) is 0 Å². The quantitative estimate of drug-likeness (QED) is 0.280. The highest BCUT2D eigenvalue weighted by molar-refractivity contribution is 6.14. The summed E-state index contributed by atoms with van der Waals surface area (Å²) in [5.41, 5.74) is 2.35. The van der Waals surface area contributed by atoms with Gasteiger partial charge in [0.2, 0.25) is 5.78 Å². The highest BCUT2D eigenvalue weighted by atomic mass is 16.6. The SMILES string of the molecule is COc1ccc(C=C2Oc3cc(OC(=O)N(c4ccccc4)c4ccccc4)ccc3C2=O)c(OC)c1. The lowest BCUT2D eigenvalue weighted by Crippen LogP contribution is -2.29. The summed E-state index contributed by atoms with van der Waals surface area (Å²) in [5.74, 6) is 1.58. The minimum Gasteiger partial charge on any atom is -0.497 e. The molecule has 0 N–H and O–H groups in total. The summed E-state index contributed by atoms with van der Waals surface area (Å²) in [4.78, 5) is 27.7. The minimum atomic E-state index is -0.597. The molecule has 0 fully saturated rings. The van der Waals surface area contributed by atoms with Crippen molar-refractivity contribution >= 4 is 29.3 Å². The second kappa shape index (κ2) is 10.3. The Morgan fingerprint density at radius 1 is 0.784 bits per heavy atom. The predicted octanol–water partition coefficient (Wildman–Crippen LogP) is 6.66. The summed E-state index contributed by atoms with van der Waals surface area (Å²) in [6.07, 6.45) is 1.01. The van der Waals surface area contributed by atoms with Crippen LogP contribution in [0.1, 0.15) is 15.9 Å². The van der Waals surface area contributed by atoms with Crippen LogP contribution in [0, 0.1) is 0 Å². The van der Waals surface area contributed by atoms with Crippen molar-refractivity contribution in [2.24, 2.45) is 0 Å². The Morgan fingerprint density at radius 2 is 1.43 bits per heavy atom. The Balaban J connectivity index is 1.40. The van der Waals surface area contributed by atoms with Crippen LogP contribution in [0.3, 0.4) is 0 Å². The van der Waals surface area contributed by atoms with Crippen molar-refractivity contribution in [2.45, 2.75) is 0 Å². The first-order valence-corrected chi connectivity index (χ1v) is 11.5. The highest BCUT2D eigenvalue weighted by Gasteiger charge is 2.29. The van der Waals surface area contributed by atoms with Crippen molar-refractivity contribution in [1.29, 1.82) is 0 Å². The van der Waals surface area contributed by atoms with Gasteiger partial charge in [-0.1, -0.05) is 36.4 Å². The normalized spacial score (nSPS) is 13.0. The molecule has 7 nitrogen and oxygen atoms in total. The number of amides is 1. The van der Waals surface area contributed by atoms with Gasteiger partial charge in [-0.15, -0.1) is 0 Å². The van der Waals surface area contributed by atoms with Crippen LogP contribution in [0.15, 0.2) is 103 Å². The van der Waals surface area contributed by atoms with Crippen molar-refractivity contribution < 1.29 is 28.5 Å². The van der Waals surface area contributed by atoms with E-state index in [0.29, 0.717) is 39.8 Å². The number of carbonyl (C=O) groups is 2. The number of ether oxygens (including phenoxy) is 4. The third-order valence-electron chi connectivity index (χ3n) is 5.79. The van der Waals surface area contributed by atoms with Gasteiger partial charge in [0.05, 0.1) is 31.2 Å². The van der Waals surface area contributed by atoms with Crippen LogP contribution < -0.4 is 23.8 Å². The van der Waals surface area contributed by atoms with Crippen molar-refractivity contribution in [2.75, 3.05) is 19.1 Å². The summed E-state index contributed by atoms with van der Waals surface area (Å²) < 4.78 is 22.2. The molecule has 37 heavy (non-hydrogen) atoms. The van der Waals surface area contributed by atoms with Crippen molar-refractivity contribution in [3.63, 3.8) is 0 Å². The first-order chi connectivity index (χ1) is 18.1. The Labute approximate surface area is 214 Å². The number of benzene rings is 4. The van der Waals surface area contributed by atoms with Crippen LogP contribution >= 0.6 is 0 Å². The van der Waals surface area contributed by atoms with E-state index >= 15 is 0 Å². The van der Waals surface area contributed by atoms with Crippen LogP contribution in [0.4, 0.5) is 16.2 Å². The summed E-state index contributed by atoms with van der Waals surface area (Å²) in [6, 6.07) is 28.4. The molecule has 5 rings (SSSR count). The van der Waals surface area contributed by atoms with E-state index in [-0.39, 0.29) is 17.3 Å². The number of fused-ring (bicyclic) bond motifs is 1. The van der Waals surface area contributed by atoms with Crippen molar-refractivity contribution in [1.82, 2.24) is 0 Å². The second-order valence-corrected chi connectivity index (χ2v) is 8.08. The van der Waals surface area contributed by atoms with Crippen molar-refractivity contribution in [3.8, 4) is 23.0 Å². The Bertz CT molecular complexity index is 1440. The number of para-hydroxylation sites is 2. The third kappa shape index (κ3) is 4.88. The molecule has 0 unspecified atom stereocenters. The number of hydrogen-bond acceptors (Lipinski definition) is 6. The molecular weight excluding hydrogens is 470 g/mol. The van der Waals surface area contributed by atoms with Gasteiger partial charge < -0.3 is 18.9 Å². The van der Waals surface area contributed by atoms with E-state index in [1.54, 1.807) is 43.5 Å². The monoisotopic (exact) mass is 493 g/mol. The second-order valence-electron chi connectivity index (χ2n) is 8.08. The molecule has 0 saturated carbocycles. The van der Waals surface area contributed by atoms with E-state index in [1.165, 1.54) is 18.1 Å². The van der Waals surface area contributed by atoms with E-state index < -0.39 is 6.09 Å². The fraction of sp³-hybridized carbons (Fsp3) is 0.0667. The molecule has 0 aromatic heterocycles. The molecule has 4 aromatic rings. The number of ketones is 1. The Kier molecular flexibility index (Phi) is 6.59. The Hall–Kier alpha value is -5.04. The van der Waals surface area contributed by atoms with Crippen LogP contribution in [0.25, 0.3) is 6.08 Å². The minimum absolute atomic E-state index is 0.136. The average Bonchev–Trinajstić information content (AvgIpc) is 3.24. The zero-order valence-electron chi connectivity index (χ0n) is 20.2. The fourth-order valence-electron chi connectivity index (χ4n) is 3.97. The molecule has 7 heteroatoms. The molecule has 4 aromatic carbocycles. The predicted molar refractivity (Wildman–Crippen MR) is 140 cm³/mol. The van der Waals surface area contributed by atoms with Crippen molar-refractivity contribution in [3.05, 3.63) is 114 Å². The molecule has 1 heterocycles. The lowest BCUT2D eigenvalue weighted by atomic mass is 10.1. The molecule has 1 aliphatic heterocycles. The van der Waals surface area contributed by atoms with Gasteiger partial charge in [0, 0.05) is 17.7 Å². The smallest absolute Gasteiger partial charge is 0.424 e. The van der Waals surface area contributed by atoms with Crippen LogP contribution in [0.5, 0.6) is 23.0 Å². The van der Waals surface area contributed by atoms with Crippen LogP contribution in [0.2, 0.25) is 0 Å². The number of carbonyl (C=O) groups excluding carboxylic acids is 2. The van der Waals surface area contributed by atoms with Crippen LogP contribution in [-0.4, -0.2) is 26.1 Å². The molecule has 0 saturated heterocycles. The largest absolute Gasteiger partial charge is 0.497 e. The van der Waals surface area contributed by atoms with E-state index in [9.17, 15) is 9.59 Å². The molecule has 0 radical (unpaired) electrons. The van der Waals surface area contributed by atoms with Gasteiger partial charge in [0.1, 0.15) is 23.0 Å². The highest BCUT2D eigenvalue weighted by Crippen LogP contribution is 2.37. The number of anilines is 2. The zero-order chi connectivity index (χ0) is 25.8. The maximum atomic E-state index is 13.3. The van der Waals surface area contributed by atoms with E-state index in [0.717, 1.165) is 0 Å². The van der Waals surface area contributed by atoms with Crippen LogP contribution in [-0.2, 0) is 0 Å². The van der Waals surface area contributed by atoms with Gasteiger partial charge in [-0.25, -0.2) is 9.69 Å². The molecular formula is C30H23NO6. The Morgan fingerprint density at radius 3 is 2.05 bits per heavy atom. The summed E-state index contributed by atoms with van der Waals surface area (Å²) in [6.45, 7) is 0. The number of nitrogens with zero attached hydrogens (tertiary/aromatic N) is 1. The summed E-state index contributed by atoms with van der Waals surface area (Å²) >= 11 is 0. The summed E-state index contributed by atoms with van der Waals surface area (Å²) in [7, 11) is 3.11. The van der Waals surface area contributed by atoms with Gasteiger partial charge in [-0.2, -0.15) is 0 Å². The lowest BCUT2D eigenvalue weighted by Gasteiger charge is -2.22. The molecule has 1 amide bonds. The first kappa shape index (κ1) is 23.7. The van der Waals surface area contributed by atoms with Gasteiger partial charge >= 0.3 is 6.09 Å². The standard InChI is InChI=1S/C30H23NO6/c1-34-23-14-13-20(26(18-23)35-2)17-28-29(32)25-16-15-24(19-27(25)37-28)36-30(33)31(21-9-5-3-6-10-21)22-11-7-4-8-12-22/h3-19H,1-2H3. The fourth-order valence-corrected chi connectivity index (χ4v) is 3.97. The maximum absolute atomic E-state index is 13.3. The number of Topliss-reactive ketones (excluding diaryl/α,β-unsaturated/α-hetero) is 1. The topological polar surface area (TPSA) is 74.3 Å². The lowest BCUT2D eigenvalue weighted by molar-refractivity contribution is 0.101. The third-order valence-corrected chi connectivity index (χ3v) is 5.79. The number of hydrogen-bond donors (Lipinski definition) is 0. The average molecular weight is 494 g/mol. The number of rotatable bonds is 6. The summed E-state index contributed by atoms with van der Waals surface area (Å²) in [5, 5.41) is 0. The van der Waals surface area contributed by atoms with Gasteiger partial charge in [0.25, 0.3) is 0 Å². The van der Waals surface area contributed by atoms with Gasteiger partial charge in [0.15, 0.2) is 5.76 Å². The molecule has 0 aliphatic carbocycles. The number of allylic oxidation sites excluding steroid dienone is 1. The number of methoxy groups -OCH3 is 2. The van der Waals surface area contributed by atoms with E-state index in [1.807, 2.05) is 60.7 Å². The maximum Gasteiger partial charge on any atom is 0.424 e. The molecule has 1 aliphatic rings. The molecule has 0 bridgehead atoms. The van der Waals surface area contributed by atoms with E-state index in [4.69, 9.17) is 18.9 Å². The molecule has 184 valence electrons.